The Morgan fingerprint density at radius 2 is 1.89 bits per heavy atom. The average molecular weight is 302 g/mol. The molecule has 0 radical (unpaired) electrons. The lowest BCUT2D eigenvalue weighted by Gasteiger charge is -2.57. The fourth-order valence-corrected chi connectivity index (χ4v) is 3.79. The molecule has 0 bridgehead atoms. The number of aromatic nitrogens is 2. The highest BCUT2D eigenvalue weighted by Gasteiger charge is 2.53. The minimum absolute atomic E-state index is 0.0332. The van der Waals surface area contributed by atoms with Crippen molar-refractivity contribution in [1.29, 1.82) is 0 Å². The number of hydrogen-bond donors (Lipinski definition) is 1. The van der Waals surface area contributed by atoms with Gasteiger partial charge in [-0.2, -0.15) is 0 Å². The molecule has 0 aromatic carbocycles. The first-order chi connectivity index (χ1) is 8.63. The zero-order valence-electron chi connectivity index (χ0n) is 11.4. The maximum Gasteiger partial charge on any atom is 0.256 e. The molecule has 1 aromatic rings. The van der Waals surface area contributed by atoms with Crippen LogP contribution in [0.5, 0.6) is 0 Å². The van der Waals surface area contributed by atoms with Crippen LogP contribution in [-0.4, -0.2) is 21.9 Å². The zero-order chi connectivity index (χ0) is 14.4. The van der Waals surface area contributed by atoms with Gasteiger partial charge in [-0.3, -0.25) is 4.79 Å². The smallest absolute Gasteiger partial charge is 0.256 e. The van der Waals surface area contributed by atoms with Gasteiger partial charge in [-0.05, 0) is 28.9 Å². The minimum Gasteiger partial charge on any atom is -0.348 e. The van der Waals surface area contributed by atoms with Crippen LogP contribution >= 0.6 is 23.2 Å². The van der Waals surface area contributed by atoms with E-state index in [-0.39, 0.29) is 38.8 Å². The molecule has 1 fully saturated rings. The number of rotatable bonds is 2. The molecule has 0 saturated heterocycles. The monoisotopic (exact) mass is 301 g/mol. The molecule has 1 N–H and O–H groups in total. The molecule has 104 valence electrons. The Morgan fingerprint density at radius 3 is 2.37 bits per heavy atom. The molecule has 2 rings (SSSR count). The van der Waals surface area contributed by atoms with Gasteiger partial charge in [0.1, 0.15) is 5.15 Å². The Kier molecular flexibility index (Phi) is 3.52. The molecular formula is C13H17Cl2N3O. The highest BCUT2D eigenvalue weighted by Crippen LogP contribution is 2.53. The molecule has 19 heavy (non-hydrogen) atoms. The summed E-state index contributed by atoms with van der Waals surface area (Å²) < 4.78 is 0. The van der Waals surface area contributed by atoms with Crippen LogP contribution in [0.25, 0.3) is 0 Å². The second kappa shape index (κ2) is 4.60. The van der Waals surface area contributed by atoms with Crippen molar-refractivity contribution in [3.8, 4) is 0 Å². The summed E-state index contributed by atoms with van der Waals surface area (Å²) in [5, 5.41) is 3.14. The van der Waals surface area contributed by atoms with Crippen LogP contribution in [0.4, 0.5) is 0 Å². The van der Waals surface area contributed by atoms with Gasteiger partial charge in [-0.25, -0.2) is 9.97 Å². The van der Waals surface area contributed by atoms with Crippen molar-refractivity contribution in [3.63, 3.8) is 0 Å². The third kappa shape index (κ3) is 2.70. The molecule has 0 atom stereocenters. The first kappa shape index (κ1) is 14.5. The first-order valence-corrected chi connectivity index (χ1v) is 6.88. The highest BCUT2D eigenvalue weighted by molar-refractivity contribution is 6.34. The summed E-state index contributed by atoms with van der Waals surface area (Å²) in [5.41, 5.74) is 0.419. The number of carbonyl (C=O) groups is 1. The third-order valence-electron chi connectivity index (χ3n) is 3.71. The topological polar surface area (TPSA) is 54.9 Å². The molecule has 1 saturated carbocycles. The molecule has 4 nitrogen and oxygen atoms in total. The summed E-state index contributed by atoms with van der Waals surface area (Å²) in [6, 6.07) is 0.0965. The fourth-order valence-electron chi connectivity index (χ4n) is 3.40. The molecule has 1 heterocycles. The second-order valence-electron chi connectivity index (χ2n) is 6.40. The quantitative estimate of drug-likeness (QED) is 0.673. The Morgan fingerprint density at radius 1 is 1.32 bits per heavy atom. The van der Waals surface area contributed by atoms with E-state index in [1.54, 1.807) is 0 Å². The van der Waals surface area contributed by atoms with Crippen molar-refractivity contribution < 1.29 is 4.79 Å². The van der Waals surface area contributed by atoms with Gasteiger partial charge in [-0.1, -0.05) is 39.3 Å². The lowest BCUT2D eigenvalue weighted by Crippen LogP contribution is -2.63. The Hall–Kier alpha value is -0.870. The number of halogens is 2. The Balaban J connectivity index is 2.18. The van der Waals surface area contributed by atoms with E-state index in [9.17, 15) is 4.79 Å². The maximum absolute atomic E-state index is 12.2. The average Bonchev–Trinajstić information content (AvgIpc) is 2.23. The van der Waals surface area contributed by atoms with E-state index in [1.165, 1.54) is 6.20 Å². The van der Waals surface area contributed by atoms with Crippen LogP contribution in [0.1, 0.15) is 44.5 Å². The standard InChI is InChI=1S/C13H17Cl2N3O/c1-12(2)6-13(3,4)10(12)18-9(19)7-5-16-11(15)17-8(7)14/h5,10H,6H2,1-4H3,(H,18,19). The van der Waals surface area contributed by atoms with Gasteiger partial charge in [0.15, 0.2) is 0 Å². The van der Waals surface area contributed by atoms with E-state index < -0.39 is 0 Å². The van der Waals surface area contributed by atoms with Crippen molar-refractivity contribution >= 4 is 29.1 Å². The molecule has 6 heteroatoms. The van der Waals surface area contributed by atoms with Crippen molar-refractivity contribution in [3.05, 3.63) is 22.2 Å². The van der Waals surface area contributed by atoms with E-state index in [4.69, 9.17) is 23.2 Å². The van der Waals surface area contributed by atoms with Gasteiger partial charge in [0, 0.05) is 12.2 Å². The van der Waals surface area contributed by atoms with Gasteiger partial charge in [0.2, 0.25) is 5.28 Å². The highest BCUT2D eigenvalue weighted by atomic mass is 35.5. The van der Waals surface area contributed by atoms with Crippen LogP contribution < -0.4 is 5.32 Å². The molecular weight excluding hydrogens is 285 g/mol. The normalized spacial score (nSPS) is 20.7. The van der Waals surface area contributed by atoms with E-state index >= 15 is 0 Å². The number of hydrogen-bond acceptors (Lipinski definition) is 3. The van der Waals surface area contributed by atoms with Gasteiger partial charge in [0.05, 0.1) is 5.56 Å². The molecule has 0 aliphatic heterocycles. The van der Waals surface area contributed by atoms with E-state index in [1.807, 2.05) is 0 Å². The fraction of sp³-hybridized carbons (Fsp3) is 0.615. The second-order valence-corrected chi connectivity index (χ2v) is 7.10. The lowest BCUT2D eigenvalue weighted by atomic mass is 9.52. The third-order valence-corrected chi connectivity index (χ3v) is 4.18. The summed E-state index contributed by atoms with van der Waals surface area (Å²) in [6.07, 6.45) is 2.42. The van der Waals surface area contributed by atoms with Gasteiger partial charge in [-0.15, -0.1) is 0 Å². The summed E-state index contributed by atoms with van der Waals surface area (Å²) in [4.78, 5) is 19.8. The van der Waals surface area contributed by atoms with Crippen molar-refractivity contribution in [2.75, 3.05) is 0 Å². The van der Waals surface area contributed by atoms with Crippen LogP contribution in [0, 0.1) is 10.8 Å². The van der Waals surface area contributed by atoms with Crippen molar-refractivity contribution in [2.45, 2.75) is 40.2 Å². The van der Waals surface area contributed by atoms with E-state index in [2.05, 4.69) is 43.0 Å². The van der Waals surface area contributed by atoms with Crippen molar-refractivity contribution in [1.82, 2.24) is 15.3 Å². The lowest BCUT2D eigenvalue weighted by molar-refractivity contribution is -0.0366. The molecule has 1 aliphatic rings. The summed E-state index contributed by atoms with van der Waals surface area (Å²) in [7, 11) is 0. The van der Waals surface area contributed by atoms with Crippen molar-refractivity contribution in [2.24, 2.45) is 10.8 Å². The maximum atomic E-state index is 12.2. The molecule has 1 aromatic heterocycles. The van der Waals surface area contributed by atoms with E-state index in [0.717, 1.165) is 6.42 Å². The largest absolute Gasteiger partial charge is 0.348 e. The predicted octanol–water partition coefficient (Wildman–Crippen LogP) is 3.34. The van der Waals surface area contributed by atoms with Gasteiger partial charge in [0.25, 0.3) is 5.91 Å². The summed E-state index contributed by atoms with van der Waals surface area (Å²) in [6.45, 7) is 8.57. The molecule has 1 amide bonds. The number of nitrogens with zero attached hydrogens (tertiary/aromatic N) is 2. The zero-order valence-corrected chi connectivity index (χ0v) is 12.9. The van der Waals surface area contributed by atoms with Crippen LogP contribution in [-0.2, 0) is 0 Å². The van der Waals surface area contributed by atoms with Crippen LogP contribution in [0.3, 0.4) is 0 Å². The number of nitrogens with one attached hydrogen (secondary N) is 1. The van der Waals surface area contributed by atoms with Crippen LogP contribution in [0.2, 0.25) is 10.4 Å². The summed E-state index contributed by atoms with van der Waals surface area (Å²) >= 11 is 11.5. The van der Waals surface area contributed by atoms with E-state index in [0.29, 0.717) is 0 Å². The first-order valence-electron chi connectivity index (χ1n) is 6.12. The number of amides is 1. The van der Waals surface area contributed by atoms with Gasteiger partial charge < -0.3 is 5.32 Å². The summed E-state index contributed by atoms with van der Waals surface area (Å²) in [5.74, 6) is -0.257. The SMILES string of the molecule is CC1(C)CC(C)(C)C1NC(=O)c1cnc(Cl)nc1Cl. The van der Waals surface area contributed by atoms with Gasteiger partial charge >= 0.3 is 0 Å². The Bertz CT molecular complexity index is 515. The van der Waals surface area contributed by atoms with Crippen LogP contribution in [0.15, 0.2) is 6.20 Å². The Labute approximate surface area is 122 Å². The predicted molar refractivity (Wildman–Crippen MR) is 75.5 cm³/mol. The molecule has 0 spiro atoms. The molecule has 0 unspecified atom stereocenters. The number of carbonyl (C=O) groups excluding carboxylic acids is 1. The molecule has 1 aliphatic carbocycles. The minimum atomic E-state index is -0.257.